The van der Waals surface area contributed by atoms with E-state index in [0.29, 0.717) is 13.0 Å². The molecule has 1 aromatic carbocycles. The first-order valence-electron chi connectivity index (χ1n) is 7.25. The zero-order chi connectivity index (χ0) is 15.1. The molecule has 2 rings (SSSR count). The van der Waals surface area contributed by atoms with Crippen molar-refractivity contribution in [2.45, 2.75) is 38.8 Å². The molecule has 0 saturated carbocycles. The Morgan fingerprint density at radius 2 is 2.29 bits per heavy atom. The standard InChI is InChI=1S/C16H22N4O/c1-13(17)5-2-8-16(21)19-15-7-3-6-14(11-15)12-20-10-4-9-18-20/h3-4,6-7,9-11,13H,2,5,8,12,17H2,1H3,(H,19,21). The van der Waals surface area contributed by atoms with Crippen molar-refractivity contribution in [3.63, 3.8) is 0 Å². The highest BCUT2D eigenvalue weighted by Crippen LogP contribution is 2.12. The molecule has 0 aliphatic heterocycles. The van der Waals surface area contributed by atoms with Gasteiger partial charge in [-0.1, -0.05) is 12.1 Å². The van der Waals surface area contributed by atoms with Crippen molar-refractivity contribution in [3.8, 4) is 0 Å². The van der Waals surface area contributed by atoms with E-state index in [1.165, 1.54) is 0 Å². The van der Waals surface area contributed by atoms with Crippen LogP contribution in [-0.4, -0.2) is 21.7 Å². The van der Waals surface area contributed by atoms with Crippen LogP contribution in [0.15, 0.2) is 42.7 Å². The minimum Gasteiger partial charge on any atom is -0.328 e. The summed E-state index contributed by atoms with van der Waals surface area (Å²) in [5.74, 6) is 0.0342. The van der Waals surface area contributed by atoms with Crippen LogP contribution in [0.4, 0.5) is 5.69 Å². The average Bonchev–Trinajstić information content (AvgIpc) is 2.91. The molecule has 5 heteroatoms. The molecule has 1 unspecified atom stereocenters. The number of amides is 1. The Labute approximate surface area is 125 Å². The van der Waals surface area contributed by atoms with Crippen molar-refractivity contribution in [1.29, 1.82) is 0 Å². The number of anilines is 1. The molecule has 0 aliphatic rings. The summed E-state index contributed by atoms with van der Waals surface area (Å²) in [4.78, 5) is 11.9. The lowest BCUT2D eigenvalue weighted by Crippen LogP contribution is -2.16. The highest BCUT2D eigenvalue weighted by Gasteiger charge is 2.04. The molecular weight excluding hydrogens is 264 g/mol. The maximum atomic E-state index is 11.9. The smallest absolute Gasteiger partial charge is 0.224 e. The number of nitrogens with zero attached hydrogens (tertiary/aromatic N) is 2. The highest BCUT2D eigenvalue weighted by atomic mass is 16.1. The normalized spacial score (nSPS) is 12.1. The molecule has 1 heterocycles. The number of carbonyl (C=O) groups excluding carboxylic acids is 1. The summed E-state index contributed by atoms with van der Waals surface area (Å²) < 4.78 is 1.85. The van der Waals surface area contributed by atoms with E-state index in [0.717, 1.165) is 24.1 Å². The van der Waals surface area contributed by atoms with Crippen LogP contribution in [0.1, 0.15) is 31.7 Å². The molecule has 1 aromatic heterocycles. The van der Waals surface area contributed by atoms with Gasteiger partial charge in [-0.25, -0.2) is 0 Å². The maximum absolute atomic E-state index is 11.9. The van der Waals surface area contributed by atoms with Crippen LogP contribution in [0.25, 0.3) is 0 Å². The molecule has 0 fully saturated rings. The summed E-state index contributed by atoms with van der Waals surface area (Å²) >= 11 is 0. The lowest BCUT2D eigenvalue weighted by atomic mass is 10.1. The molecule has 0 radical (unpaired) electrons. The van der Waals surface area contributed by atoms with Crippen LogP contribution >= 0.6 is 0 Å². The van der Waals surface area contributed by atoms with Gasteiger partial charge in [0, 0.05) is 30.5 Å². The lowest BCUT2D eigenvalue weighted by Gasteiger charge is -2.08. The summed E-state index contributed by atoms with van der Waals surface area (Å²) in [7, 11) is 0. The van der Waals surface area contributed by atoms with Gasteiger partial charge in [-0.3, -0.25) is 9.48 Å². The molecule has 0 aliphatic carbocycles. The Hall–Kier alpha value is -2.14. The first-order valence-corrected chi connectivity index (χ1v) is 7.25. The SMILES string of the molecule is CC(N)CCCC(=O)Nc1cccc(Cn2cccn2)c1. The van der Waals surface area contributed by atoms with Gasteiger partial charge in [0.15, 0.2) is 0 Å². The van der Waals surface area contributed by atoms with Crippen LogP contribution in [0.2, 0.25) is 0 Å². The van der Waals surface area contributed by atoms with Crippen molar-refractivity contribution >= 4 is 11.6 Å². The van der Waals surface area contributed by atoms with Gasteiger partial charge >= 0.3 is 0 Å². The first-order chi connectivity index (χ1) is 10.1. The van der Waals surface area contributed by atoms with Gasteiger partial charge in [-0.15, -0.1) is 0 Å². The van der Waals surface area contributed by atoms with Gasteiger partial charge in [-0.2, -0.15) is 5.10 Å². The second-order valence-corrected chi connectivity index (χ2v) is 5.32. The van der Waals surface area contributed by atoms with E-state index in [-0.39, 0.29) is 11.9 Å². The molecular formula is C16H22N4O. The van der Waals surface area contributed by atoms with Crippen LogP contribution in [0, 0.1) is 0 Å². The Kier molecular flexibility index (Phi) is 5.51. The Balaban J connectivity index is 1.87. The van der Waals surface area contributed by atoms with Crippen molar-refractivity contribution in [3.05, 3.63) is 48.3 Å². The van der Waals surface area contributed by atoms with Crippen molar-refractivity contribution < 1.29 is 4.79 Å². The minimum atomic E-state index is 0.0342. The number of benzene rings is 1. The third-order valence-corrected chi connectivity index (χ3v) is 3.18. The fourth-order valence-electron chi connectivity index (χ4n) is 2.14. The maximum Gasteiger partial charge on any atom is 0.224 e. The van der Waals surface area contributed by atoms with E-state index >= 15 is 0 Å². The molecule has 5 nitrogen and oxygen atoms in total. The lowest BCUT2D eigenvalue weighted by molar-refractivity contribution is -0.116. The number of hydrogen-bond acceptors (Lipinski definition) is 3. The quantitative estimate of drug-likeness (QED) is 0.820. The Morgan fingerprint density at radius 3 is 3.00 bits per heavy atom. The summed E-state index contributed by atoms with van der Waals surface area (Å²) in [6, 6.07) is 9.88. The molecule has 1 atom stereocenters. The number of nitrogens with two attached hydrogens (primary N) is 1. The van der Waals surface area contributed by atoms with Gasteiger partial charge in [0.2, 0.25) is 5.91 Å². The summed E-state index contributed by atoms with van der Waals surface area (Å²) in [5.41, 5.74) is 7.60. The largest absolute Gasteiger partial charge is 0.328 e. The summed E-state index contributed by atoms with van der Waals surface area (Å²) in [6.07, 6.45) is 5.86. The molecule has 0 bridgehead atoms. The van der Waals surface area contributed by atoms with E-state index in [4.69, 9.17) is 5.73 Å². The second kappa shape index (κ2) is 7.59. The number of aromatic nitrogens is 2. The number of hydrogen-bond donors (Lipinski definition) is 2. The predicted molar refractivity (Wildman–Crippen MR) is 83.9 cm³/mol. The van der Waals surface area contributed by atoms with Crippen LogP contribution in [-0.2, 0) is 11.3 Å². The molecule has 21 heavy (non-hydrogen) atoms. The van der Waals surface area contributed by atoms with Gasteiger partial charge in [0.1, 0.15) is 0 Å². The molecule has 112 valence electrons. The van der Waals surface area contributed by atoms with Gasteiger partial charge < -0.3 is 11.1 Å². The molecule has 0 spiro atoms. The molecule has 1 amide bonds. The Morgan fingerprint density at radius 1 is 1.43 bits per heavy atom. The van der Waals surface area contributed by atoms with E-state index in [9.17, 15) is 4.79 Å². The Bertz CT molecular complexity index is 563. The van der Waals surface area contributed by atoms with E-state index < -0.39 is 0 Å². The fourth-order valence-corrected chi connectivity index (χ4v) is 2.14. The molecule has 3 N–H and O–H groups in total. The fraction of sp³-hybridized carbons (Fsp3) is 0.375. The number of carbonyl (C=O) groups is 1. The summed E-state index contributed by atoms with van der Waals surface area (Å²) in [5, 5.41) is 7.10. The van der Waals surface area contributed by atoms with Crippen molar-refractivity contribution in [2.75, 3.05) is 5.32 Å². The van der Waals surface area contributed by atoms with E-state index in [2.05, 4.69) is 10.4 Å². The van der Waals surface area contributed by atoms with Crippen LogP contribution < -0.4 is 11.1 Å². The van der Waals surface area contributed by atoms with Crippen molar-refractivity contribution in [2.24, 2.45) is 5.73 Å². The number of rotatable bonds is 7. The van der Waals surface area contributed by atoms with Gasteiger partial charge in [-0.05, 0) is 43.5 Å². The predicted octanol–water partition coefficient (Wildman–Crippen LogP) is 2.39. The monoisotopic (exact) mass is 286 g/mol. The van der Waals surface area contributed by atoms with Crippen LogP contribution in [0.5, 0.6) is 0 Å². The third kappa shape index (κ3) is 5.39. The van der Waals surface area contributed by atoms with E-state index in [1.807, 2.05) is 48.1 Å². The molecule has 2 aromatic rings. The average molecular weight is 286 g/mol. The topological polar surface area (TPSA) is 72.9 Å². The molecule has 0 saturated heterocycles. The minimum absolute atomic E-state index is 0.0342. The first kappa shape index (κ1) is 15.3. The zero-order valence-corrected chi connectivity index (χ0v) is 12.3. The van der Waals surface area contributed by atoms with Crippen LogP contribution in [0.3, 0.4) is 0 Å². The second-order valence-electron chi connectivity index (χ2n) is 5.32. The van der Waals surface area contributed by atoms with Crippen molar-refractivity contribution in [1.82, 2.24) is 9.78 Å². The highest BCUT2D eigenvalue weighted by molar-refractivity contribution is 5.90. The van der Waals surface area contributed by atoms with Gasteiger partial charge in [0.25, 0.3) is 0 Å². The van der Waals surface area contributed by atoms with E-state index in [1.54, 1.807) is 6.20 Å². The number of nitrogens with one attached hydrogen (secondary N) is 1. The van der Waals surface area contributed by atoms with Gasteiger partial charge in [0.05, 0.1) is 6.54 Å². The zero-order valence-electron chi connectivity index (χ0n) is 12.3. The summed E-state index contributed by atoms with van der Waals surface area (Å²) in [6.45, 7) is 2.65. The third-order valence-electron chi connectivity index (χ3n) is 3.18.